The van der Waals surface area contributed by atoms with Gasteiger partial charge in [-0.15, -0.1) is 0 Å². The number of carbonyl (C=O) groups is 1. The molecule has 0 aliphatic carbocycles. The second-order valence-electron chi connectivity index (χ2n) is 5.97. The molecule has 2 atom stereocenters. The van der Waals surface area contributed by atoms with Crippen LogP contribution < -0.4 is 5.32 Å². The molecule has 2 aliphatic rings. The van der Waals surface area contributed by atoms with Gasteiger partial charge < -0.3 is 10.2 Å². The monoisotopic (exact) mass is 252 g/mol. The summed E-state index contributed by atoms with van der Waals surface area (Å²) in [5.41, 5.74) is -0.0994. The van der Waals surface area contributed by atoms with Gasteiger partial charge in [0.25, 0.3) is 0 Å². The lowest BCUT2D eigenvalue weighted by Crippen LogP contribution is -2.49. The molecule has 2 saturated heterocycles. The summed E-state index contributed by atoms with van der Waals surface area (Å²) < 4.78 is 0. The van der Waals surface area contributed by atoms with Crippen molar-refractivity contribution >= 4 is 5.91 Å². The second-order valence-corrected chi connectivity index (χ2v) is 5.97. The zero-order chi connectivity index (χ0) is 13.0. The van der Waals surface area contributed by atoms with Gasteiger partial charge in [-0.3, -0.25) is 4.79 Å². The lowest BCUT2D eigenvalue weighted by molar-refractivity contribution is -0.144. The van der Waals surface area contributed by atoms with Crippen LogP contribution in [-0.2, 0) is 4.79 Å². The predicted molar refractivity (Wildman–Crippen MR) is 74.5 cm³/mol. The Labute approximate surface area is 111 Å². The van der Waals surface area contributed by atoms with Crippen molar-refractivity contribution in [1.29, 1.82) is 0 Å². The van der Waals surface area contributed by atoms with Gasteiger partial charge in [-0.1, -0.05) is 26.7 Å². The molecule has 0 spiro atoms. The van der Waals surface area contributed by atoms with E-state index >= 15 is 0 Å². The standard InChI is InChI=1S/C15H28N2O/c1-3-13-8-6-5-7-11-17(13)14(18)15(4-2)9-10-16-12-15/h13,16H,3-12H2,1-2H3. The maximum Gasteiger partial charge on any atom is 0.230 e. The van der Waals surface area contributed by atoms with E-state index in [1.807, 2.05) is 0 Å². The molecule has 0 aromatic carbocycles. The fourth-order valence-electron chi connectivity index (χ4n) is 3.55. The fraction of sp³-hybridized carbons (Fsp3) is 0.933. The first kappa shape index (κ1) is 13.9. The first-order valence-corrected chi connectivity index (χ1v) is 7.75. The predicted octanol–water partition coefficient (Wildman–Crippen LogP) is 2.56. The van der Waals surface area contributed by atoms with Crippen LogP contribution in [0.4, 0.5) is 0 Å². The normalized spacial score (nSPS) is 33.4. The first-order chi connectivity index (χ1) is 8.73. The van der Waals surface area contributed by atoms with Crippen LogP contribution in [0.15, 0.2) is 0 Å². The molecular formula is C15H28N2O. The Hall–Kier alpha value is -0.570. The van der Waals surface area contributed by atoms with Gasteiger partial charge in [0, 0.05) is 19.1 Å². The van der Waals surface area contributed by atoms with Crippen LogP contribution in [0.25, 0.3) is 0 Å². The molecule has 1 amide bonds. The summed E-state index contributed by atoms with van der Waals surface area (Å²) in [6, 6.07) is 0.490. The molecule has 1 N–H and O–H groups in total. The highest BCUT2D eigenvalue weighted by atomic mass is 16.2. The molecule has 0 saturated carbocycles. The summed E-state index contributed by atoms with van der Waals surface area (Å²) in [4.78, 5) is 15.2. The molecule has 3 nitrogen and oxygen atoms in total. The van der Waals surface area contributed by atoms with Crippen molar-refractivity contribution in [1.82, 2.24) is 10.2 Å². The number of nitrogens with zero attached hydrogens (tertiary/aromatic N) is 1. The highest BCUT2D eigenvalue weighted by molar-refractivity contribution is 5.83. The molecule has 2 aliphatic heterocycles. The average molecular weight is 252 g/mol. The number of amides is 1. The van der Waals surface area contributed by atoms with Gasteiger partial charge in [0.2, 0.25) is 5.91 Å². The number of rotatable bonds is 3. The number of hydrogen-bond donors (Lipinski definition) is 1. The van der Waals surface area contributed by atoms with Gasteiger partial charge in [-0.2, -0.15) is 0 Å². The minimum absolute atomic E-state index is 0.0994. The molecule has 3 heteroatoms. The molecule has 0 bridgehead atoms. The summed E-state index contributed by atoms with van der Waals surface area (Å²) in [6.07, 6.45) is 8.09. The molecule has 2 unspecified atom stereocenters. The van der Waals surface area contributed by atoms with Crippen LogP contribution in [0.1, 0.15) is 58.8 Å². The third kappa shape index (κ3) is 2.56. The number of likely N-dealkylation sites (tertiary alicyclic amines) is 1. The summed E-state index contributed by atoms with van der Waals surface area (Å²) in [6.45, 7) is 7.27. The van der Waals surface area contributed by atoms with Crippen LogP contribution >= 0.6 is 0 Å². The van der Waals surface area contributed by atoms with Gasteiger partial charge in [0.15, 0.2) is 0 Å². The molecular weight excluding hydrogens is 224 g/mol. The van der Waals surface area contributed by atoms with E-state index in [0.29, 0.717) is 11.9 Å². The summed E-state index contributed by atoms with van der Waals surface area (Å²) in [5, 5.41) is 3.39. The zero-order valence-corrected chi connectivity index (χ0v) is 12.0. The molecule has 2 rings (SSSR count). The van der Waals surface area contributed by atoms with Crippen molar-refractivity contribution in [3.05, 3.63) is 0 Å². The van der Waals surface area contributed by atoms with Crippen LogP contribution in [0.5, 0.6) is 0 Å². The third-order valence-electron chi connectivity index (χ3n) is 4.98. The molecule has 0 radical (unpaired) electrons. The van der Waals surface area contributed by atoms with E-state index in [4.69, 9.17) is 0 Å². The fourth-order valence-corrected chi connectivity index (χ4v) is 3.55. The second kappa shape index (κ2) is 6.05. The number of carbonyl (C=O) groups excluding carboxylic acids is 1. The quantitative estimate of drug-likeness (QED) is 0.837. The van der Waals surface area contributed by atoms with E-state index in [1.54, 1.807) is 0 Å². The molecule has 104 valence electrons. The Morgan fingerprint density at radius 2 is 2.17 bits per heavy atom. The minimum Gasteiger partial charge on any atom is -0.339 e. The van der Waals surface area contributed by atoms with Crippen LogP contribution in [0.2, 0.25) is 0 Å². The van der Waals surface area contributed by atoms with Crippen LogP contribution in [0.3, 0.4) is 0 Å². The van der Waals surface area contributed by atoms with Crippen molar-refractivity contribution in [2.24, 2.45) is 5.41 Å². The van der Waals surface area contributed by atoms with Gasteiger partial charge >= 0.3 is 0 Å². The average Bonchev–Trinajstić information content (AvgIpc) is 2.77. The van der Waals surface area contributed by atoms with Crippen molar-refractivity contribution in [2.45, 2.75) is 64.8 Å². The van der Waals surface area contributed by atoms with Crippen molar-refractivity contribution in [2.75, 3.05) is 19.6 Å². The molecule has 0 aromatic rings. The Morgan fingerprint density at radius 1 is 1.33 bits per heavy atom. The molecule has 18 heavy (non-hydrogen) atoms. The SMILES string of the molecule is CCC1CCCCCN1C(=O)C1(CC)CCNC1. The zero-order valence-electron chi connectivity index (χ0n) is 12.0. The Kier molecular flexibility index (Phi) is 4.66. The van der Waals surface area contributed by atoms with Gasteiger partial charge in [-0.05, 0) is 38.6 Å². The first-order valence-electron chi connectivity index (χ1n) is 7.75. The van der Waals surface area contributed by atoms with E-state index in [0.717, 1.165) is 38.9 Å². The largest absolute Gasteiger partial charge is 0.339 e. The highest BCUT2D eigenvalue weighted by Crippen LogP contribution is 2.34. The van der Waals surface area contributed by atoms with E-state index in [-0.39, 0.29) is 5.41 Å². The lowest BCUT2D eigenvalue weighted by atomic mass is 9.82. The van der Waals surface area contributed by atoms with Gasteiger partial charge in [-0.25, -0.2) is 0 Å². The number of hydrogen-bond acceptors (Lipinski definition) is 2. The Bertz CT molecular complexity index is 284. The van der Waals surface area contributed by atoms with E-state index < -0.39 is 0 Å². The van der Waals surface area contributed by atoms with Crippen LogP contribution in [0, 0.1) is 5.41 Å². The van der Waals surface area contributed by atoms with E-state index in [9.17, 15) is 4.79 Å². The maximum atomic E-state index is 13.0. The number of nitrogens with one attached hydrogen (secondary N) is 1. The van der Waals surface area contributed by atoms with Gasteiger partial charge in [0.05, 0.1) is 5.41 Å². The highest BCUT2D eigenvalue weighted by Gasteiger charge is 2.43. The topological polar surface area (TPSA) is 32.3 Å². The van der Waals surface area contributed by atoms with Crippen LogP contribution in [-0.4, -0.2) is 36.5 Å². The third-order valence-corrected chi connectivity index (χ3v) is 4.98. The van der Waals surface area contributed by atoms with Crippen molar-refractivity contribution < 1.29 is 4.79 Å². The smallest absolute Gasteiger partial charge is 0.230 e. The van der Waals surface area contributed by atoms with E-state index in [1.165, 1.54) is 25.7 Å². The van der Waals surface area contributed by atoms with Gasteiger partial charge in [0.1, 0.15) is 0 Å². The summed E-state index contributed by atoms with van der Waals surface area (Å²) >= 11 is 0. The van der Waals surface area contributed by atoms with Crippen molar-refractivity contribution in [3.63, 3.8) is 0 Å². The molecule has 0 aromatic heterocycles. The molecule has 2 heterocycles. The maximum absolute atomic E-state index is 13.0. The summed E-state index contributed by atoms with van der Waals surface area (Å²) in [7, 11) is 0. The lowest BCUT2D eigenvalue weighted by Gasteiger charge is -2.37. The van der Waals surface area contributed by atoms with Crippen molar-refractivity contribution in [3.8, 4) is 0 Å². The summed E-state index contributed by atoms with van der Waals surface area (Å²) in [5.74, 6) is 0.434. The Morgan fingerprint density at radius 3 is 2.78 bits per heavy atom. The minimum atomic E-state index is -0.0994. The molecule has 2 fully saturated rings. The van der Waals surface area contributed by atoms with E-state index in [2.05, 4.69) is 24.1 Å². The Balaban J connectivity index is 2.13.